The van der Waals surface area contributed by atoms with E-state index in [0.717, 1.165) is 18.4 Å². The monoisotopic (exact) mass is 271 g/mol. The van der Waals surface area contributed by atoms with E-state index >= 15 is 0 Å². The molecule has 0 radical (unpaired) electrons. The number of hydrogen-bond donors (Lipinski definition) is 2. The number of rotatable bonds is 5. The Kier molecular flexibility index (Phi) is 4.28. The third-order valence-corrected chi connectivity index (χ3v) is 4.17. The minimum atomic E-state index is -3.55. The molecule has 3 N–H and O–H groups in total. The van der Waals surface area contributed by atoms with Crippen molar-refractivity contribution in [1.29, 1.82) is 0 Å². The van der Waals surface area contributed by atoms with Crippen LogP contribution in [0.3, 0.4) is 0 Å². The van der Waals surface area contributed by atoms with E-state index in [1.54, 1.807) is 6.07 Å². The molecule has 0 bridgehead atoms. The molecular weight excluding hydrogens is 254 g/mol. The highest BCUT2D eigenvalue weighted by Gasteiger charge is 2.20. The maximum absolute atomic E-state index is 11.9. The normalized spacial score (nSPS) is 20.2. The van der Waals surface area contributed by atoms with Gasteiger partial charge < -0.3 is 10.5 Å². The van der Waals surface area contributed by atoms with Crippen molar-refractivity contribution in [2.24, 2.45) is 5.73 Å². The summed E-state index contributed by atoms with van der Waals surface area (Å²) >= 11 is 0. The molecule has 1 aromatic heterocycles. The number of aromatic nitrogens is 1. The van der Waals surface area contributed by atoms with Gasteiger partial charge in [0.05, 0.1) is 6.10 Å². The molecule has 0 spiro atoms. The average molecular weight is 271 g/mol. The summed E-state index contributed by atoms with van der Waals surface area (Å²) in [6, 6.07) is 3.12. The molecule has 0 saturated carbocycles. The summed E-state index contributed by atoms with van der Waals surface area (Å²) in [4.78, 5) is 3.90. The van der Waals surface area contributed by atoms with Crippen LogP contribution < -0.4 is 10.5 Å². The lowest BCUT2D eigenvalue weighted by molar-refractivity contribution is 0.114. The predicted octanol–water partition coefficient (Wildman–Crippen LogP) is -0.00240. The number of nitrogens with one attached hydrogen (secondary N) is 1. The van der Waals surface area contributed by atoms with Crippen molar-refractivity contribution in [1.82, 2.24) is 9.71 Å². The number of hydrogen-bond acceptors (Lipinski definition) is 5. The Morgan fingerprint density at radius 2 is 2.33 bits per heavy atom. The molecule has 1 atom stereocenters. The summed E-state index contributed by atoms with van der Waals surface area (Å²) in [5, 5.41) is 0.0118. The molecule has 1 saturated heterocycles. The lowest BCUT2D eigenvalue weighted by Gasteiger charge is -2.11. The Balaban J connectivity index is 2.00. The third-order valence-electron chi connectivity index (χ3n) is 2.83. The number of nitrogens with two attached hydrogens (primary N) is 1. The van der Waals surface area contributed by atoms with Crippen molar-refractivity contribution in [3.05, 3.63) is 23.9 Å². The fourth-order valence-electron chi connectivity index (χ4n) is 1.77. The van der Waals surface area contributed by atoms with Crippen LogP contribution >= 0.6 is 0 Å². The molecule has 6 nitrogen and oxygen atoms in total. The Morgan fingerprint density at radius 1 is 1.50 bits per heavy atom. The Labute approximate surface area is 107 Å². The predicted molar refractivity (Wildman–Crippen MR) is 66.3 cm³/mol. The second-order valence-electron chi connectivity index (χ2n) is 4.20. The van der Waals surface area contributed by atoms with Gasteiger partial charge in [-0.15, -0.1) is 0 Å². The molecule has 100 valence electrons. The highest BCUT2D eigenvalue weighted by Crippen LogP contribution is 2.12. The number of nitrogens with zero attached hydrogens (tertiary/aromatic N) is 1. The van der Waals surface area contributed by atoms with Crippen molar-refractivity contribution in [2.75, 3.05) is 13.2 Å². The van der Waals surface area contributed by atoms with Crippen molar-refractivity contribution in [3.63, 3.8) is 0 Å². The van der Waals surface area contributed by atoms with E-state index in [4.69, 9.17) is 10.5 Å². The van der Waals surface area contributed by atoms with E-state index in [0.29, 0.717) is 19.7 Å². The molecule has 1 aromatic rings. The lowest BCUT2D eigenvalue weighted by atomic mass is 10.2. The second kappa shape index (κ2) is 5.75. The number of sulfonamides is 1. The van der Waals surface area contributed by atoms with Gasteiger partial charge >= 0.3 is 0 Å². The Morgan fingerprint density at radius 3 is 2.89 bits per heavy atom. The molecule has 0 aliphatic carbocycles. The first-order chi connectivity index (χ1) is 8.62. The topological polar surface area (TPSA) is 94.3 Å². The zero-order valence-corrected chi connectivity index (χ0v) is 10.8. The van der Waals surface area contributed by atoms with Gasteiger partial charge in [0.1, 0.15) is 0 Å². The van der Waals surface area contributed by atoms with Crippen LogP contribution in [0.1, 0.15) is 18.4 Å². The smallest absolute Gasteiger partial charge is 0.258 e. The minimum Gasteiger partial charge on any atom is -0.377 e. The van der Waals surface area contributed by atoms with Crippen LogP contribution in [0.15, 0.2) is 23.4 Å². The summed E-state index contributed by atoms with van der Waals surface area (Å²) in [7, 11) is -3.55. The van der Waals surface area contributed by atoms with Gasteiger partial charge in [0.25, 0.3) is 10.0 Å². The minimum absolute atomic E-state index is 0.0118. The van der Waals surface area contributed by atoms with Crippen molar-refractivity contribution in [3.8, 4) is 0 Å². The molecule has 1 fully saturated rings. The molecule has 7 heteroatoms. The van der Waals surface area contributed by atoms with Crippen LogP contribution in [-0.4, -0.2) is 32.7 Å². The highest BCUT2D eigenvalue weighted by molar-refractivity contribution is 7.89. The first-order valence-corrected chi connectivity index (χ1v) is 7.36. The van der Waals surface area contributed by atoms with Gasteiger partial charge in [0.2, 0.25) is 0 Å². The SMILES string of the molecule is NCc1ccc(S(=O)(=O)NCC2CCCO2)nc1. The van der Waals surface area contributed by atoms with Crippen LogP contribution in [0.4, 0.5) is 0 Å². The third kappa shape index (κ3) is 3.26. The molecule has 0 aromatic carbocycles. The molecule has 1 unspecified atom stereocenters. The zero-order valence-electron chi connectivity index (χ0n) is 10.0. The van der Waals surface area contributed by atoms with Crippen LogP contribution in [0.5, 0.6) is 0 Å². The maximum atomic E-state index is 11.9. The van der Waals surface area contributed by atoms with Crippen molar-refractivity contribution < 1.29 is 13.2 Å². The van der Waals surface area contributed by atoms with E-state index in [1.165, 1.54) is 12.3 Å². The fourth-order valence-corrected chi connectivity index (χ4v) is 2.76. The van der Waals surface area contributed by atoms with Crippen LogP contribution in [-0.2, 0) is 21.3 Å². The van der Waals surface area contributed by atoms with Gasteiger partial charge in [-0.2, -0.15) is 0 Å². The maximum Gasteiger partial charge on any atom is 0.258 e. The highest BCUT2D eigenvalue weighted by atomic mass is 32.2. The summed E-state index contributed by atoms with van der Waals surface area (Å²) in [5.41, 5.74) is 6.23. The first-order valence-electron chi connectivity index (χ1n) is 5.88. The first kappa shape index (κ1) is 13.4. The molecule has 2 heterocycles. The quantitative estimate of drug-likeness (QED) is 0.786. The van der Waals surface area contributed by atoms with E-state index in [-0.39, 0.29) is 11.1 Å². The van der Waals surface area contributed by atoms with Crippen molar-refractivity contribution in [2.45, 2.75) is 30.5 Å². The molecule has 0 amide bonds. The molecule has 1 aliphatic rings. The standard InChI is InChI=1S/C11H17N3O3S/c12-6-9-3-4-11(13-7-9)18(15,16)14-8-10-2-1-5-17-10/h3-4,7,10,14H,1-2,5-6,8,12H2. The summed E-state index contributed by atoms with van der Waals surface area (Å²) in [6.07, 6.45) is 3.32. The van der Waals surface area contributed by atoms with Gasteiger partial charge in [-0.3, -0.25) is 0 Å². The number of pyridine rings is 1. The molecular formula is C11H17N3O3S. The van der Waals surface area contributed by atoms with E-state index < -0.39 is 10.0 Å². The van der Waals surface area contributed by atoms with Crippen LogP contribution in [0.25, 0.3) is 0 Å². The van der Waals surface area contributed by atoms with Gasteiger partial charge in [-0.05, 0) is 24.5 Å². The Hall–Kier alpha value is -1.02. The summed E-state index contributed by atoms with van der Waals surface area (Å²) in [6.45, 7) is 1.34. The summed E-state index contributed by atoms with van der Waals surface area (Å²) in [5.74, 6) is 0. The average Bonchev–Trinajstić information content (AvgIpc) is 2.90. The van der Waals surface area contributed by atoms with Gasteiger partial charge in [0.15, 0.2) is 5.03 Å². The van der Waals surface area contributed by atoms with E-state index in [1.807, 2.05) is 0 Å². The van der Waals surface area contributed by atoms with Gasteiger partial charge in [-0.1, -0.05) is 6.07 Å². The van der Waals surface area contributed by atoms with E-state index in [9.17, 15) is 8.42 Å². The summed E-state index contributed by atoms with van der Waals surface area (Å²) < 4.78 is 31.7. The Bertz CT molecular complexity index is 481. The van der Waals surface area contributed by atoms with Crippen molar-refractivity contribution >= 4 is 10.0 Å². The lowest BCUT2D eigenvalue weighted by Crippen LogP contribution is -2.32. The van der Waals surface area contributed by atoms with Crippen LogP contribution in [0, 0.1) is 0 Å². The molecule has 2 rings (SSSR count). The van der Waals surface area contributed by atoms with Gasteiger partial charge in [0, 0.05) is 25.9 Å². The van der Waals surface area contributed by atoms with Gasteiger partial charge in [-0.25, -0.2) is 18.1 Å². The molecule has 18 heavy (non-hydrogen) atoms. The largest absolute Gasteiger partial charge is 0.377 e. The van der Waals surface area contributed by atoms with Crippen LogP contribution in [0.2, 0.25) is 0 Å². The second-order valence-corrected chi connectivity index (χ2v) is 5.91. The zero-order chi connectivity index (χ0) is 13.0. The number of ether oxygens (including phenoxy) is 1. The fraction of sp³-hybridized carbons (Fsp3) is 0.545. The molecule has 1 aliphatic heterocycles. The van der Waals surface area contributed by atoms with E-state index in [2.05, 4.69) is 9.71 Å².